The van der Waals surface area contributed by atoms with E-state index in [0.717, 1.165) is 38.2 Å². The van der Waals surface area contributed by atoms with Crippen LogP contribution in [0.5, 0.6) is 0 Å². The lowest BCUT2D eigenvalue weighted by molar-refractivity contribution is -0.403. The van der Waals surface area contributed by atoms with E-state index < -0.39 is 0 Å². The molecule has 0 fully saturated rings. The summed E-state index contributed by atoms with van der Waals surface area (Å²) in [6.45, 7) is 13.2. The summed E-state index contributed by atoms with van der Waals surface area (Å²) in [7, 11) is 2.12. The van der Waals surface area contributed by atoms with Gasteiger partial charge in [0.05, 0.1) is 16.7 Å². The van der Waals surface area contributed by atoms with E-state index in [1.165, 1.54) is 22.5 Å². The van der Waals surface area contributed by atoms with Crippen LogP contribution in [0.1, 0.15) is 52.7 Å². The second-order valence-corrected chi connectivity index (χ2v) is 13.7. The summed E-state index contributed by atoms with van der Waals surface area (Å²) in [4.78, 5) is 4.60. The van der Waals surface area contributed by atoms with E-state index in [0.29, 0.717) is 0 Å². The number of hydrogen-bond acceptors (Lipinski definition) is 1. The molecule has 0 saturated heterocycles. The zero-order valence-corrected chi connectivity index (χ0v) is 30.4. The Kier molecular flexibility index (Phi) is 9.63. The highest BCUT2D eigenvalue weighted by molar-refractivity contribution is 9.15. The first-order chi connectivity index (χ1) is 14.1. The third kappa shape index (κ3) is 4.84. The summed E-state index contributed by atoms with van der Waals surface area (Å²) < 4.78 is 8.75. The molecule has 0 saturated carbocycles. The smallest absolute Gasteiger partial charge is 0.211 e. The van der Waals surface area contributed by atoms with Crippen molar-refractivity contribution in [1.82, 2.24) is 0 Å². The maximum atomic E-state index is 4.60. The Bertz CT molecular complexity index is 1180. The Morgan fingerprint density at radius 3 is 1.72 bits per heavy atom. The van der Waals surface area contributed by atoms with Crippen molar-refractivity contribution < 1.29 is 28.6 Å². The van der Waals surface area contributed by atoms with Crippen LogP contribution in [-0.4, -0.2) is 23.0 Å². The number of nitrogens with zero attached hydrogens (tertiary/aromatic N) is 2. The summed E-state index contributed by atoms with van der Waals surface area (Å²) in [5.74, 6) is 0. The monoisotopic (exact) mass is 928 g/mol. The third-order valence-corrected chi connectivity index (χ3v) is 13.1. The van der Waals surface area contributed by atoms with Gasteiger partial charge in [-0.1, -0.05) is 13.8 Å². The zero-order chi connectivity index (χ0) is 23.6. The fourth-order valence-electron chi connectivity index (χ4n) is 3.99. The molecule has 32 heavy (non-hydrogen) atoms. The number of fused-ring (bicyclic) bond motifs is 2. The van der Waals surface area contributed by atoms with E-state index in [1.54, 1.807) is 0 Å². The van der Waals surface area contributed by atoms with Crippen LogP contribution in [0, 0.1) is 0 Å². The summed E-state index contributed by atoms with van der Waals surface area (Å²) in [5, 5.41) is 0. The van der Waals surface area contributed by atoms with Crippen LogP contribution in [0.4, 0.5) is 11.4 Å². The molecule has 0 unspecified atom stereocenters. The average molecular weight is 934 g/mol. The first-order valence-electron chi connectivity index (χ1n) is 9.63. The van der Waals surface area contributed by atoms with Gasteiger partial charge in [0.15, 0.2) is 5.71 Å². The zero-order valence-electron chi connectivity index (χ0n) is 18.7. The highest BCUT2D eigenvalue weighted by atomic mass is 127. The van der Waals surface area contributed by atoms with Gasteiger partial charge in [-0.25, -0.2) is 4.58 Å². The van der Waals surface area contributed by atoms with Crippen molar-refractivity contribution in [1.29, 1.82) is 0 Å². The molecule has 174 valence electrons. The van der Waals surface area contributed by atoms with Gasteiger partial charge in [-0.15, -0.1) is 0 Å². The quantitative estimate of drug-likeness (QED) is 0.149. The van der Waals surface area contributed by atoms with Gasteiger partial charge in [-0.3, -0.25) is 4.99 Å². The topological polar surface area (TPSA) is 15.4 Å². The second-order valence-electron chi connectivity index (χ2n) is 8.85. The van der Waals surface area contributed by atoms with Crippen LogP contribution in [0.25, 0.3) is 0 Å². The van der Waals surface area contributed by atoms with Gasteiger partial charge in [-0.2, -0.15) is 0 Å². The number of rotatable bonds is 0. The lowest BCUT2D eigenvalue weighted by Crippen LogP contribution is -3.00. The molecule has 2 nitrogen and oxygen atoms in total. The minimum atomic E-state index is 0. The highest BCUT2D eigenvalue weighted by Gasteiger charge is 2.44. The molecule has 2 aliphatic heterocycles. The fraction of sp³-hybridized carbons (Fsp3) is 0.391. The van der Waals surface area contributed by atoms with Crippen LogP contribution >= 0.6 is 95.6 Å². The summed E-state index contributed by atoms with van der Waals surface area (Å²) in [6.07, 6.45) is 0. The minimum absolute atomic E-state index is 0. The maximum absolute atomic E-state index is 4.60. The summed E-state index contributed by atoms with van der Waals surface area (Å²) in [5.41, 5.74) is 7.54. The second kappa shape index (κ2) is 10.4. The SMILES string of the molecule is CC1=Nc2cc(Br)c(Br)c(Br)c2C1(C)C.CC1=[N+](C)c2cc(Br)c(Br)c(Br)c2C1(C)C.[I-]. The fourth-order valence-corrected chi connectivity index (χ4v) is 7.80. The standard InChI is InChI=1S/C12H13Br3N.C11H10Br3N.HI/c1-6-12(2,3)9-8(16(6)4)5-7(13)10(14)11(9)15;1-5-11(2,3)8-7(15-5)4-6(12)9(13)10(8)14;/h5H,1-4H3;4H,1-3H3;1H/q+1;;/p-1. The minimum Gasteiger partial charge on any atom is -1.00 e. The Balaban J connectivity index is 0.000000220. The van der Waals surface area contributed by atoms with Gasteiger partial charge in [-0.05, 0) is 122 Å². The molecule has 0 aliphatic carbocycles. The number of halogens is 7. The predicted octanol–water partition coefficient (Wildman–Crippen LogP) is 7.36. The Hall–Kier alpha value is 1.39. The highest BCUT2D eigenvalue weighted by Crippen LogP contribution is 2.50. The summed E-state index contributed by atoms with van der Waals surface area (Å²) >= 11 is 21.6. The molecule has 2 aromatic carbocycles. The molecule has 2 aliphatic rings. The first-order valence-corrected chi connectivity index (χ1v) is 14.4. The Morgan fingerprint density at radius 1 is 0.719 bits per heavy atom. The van der Waals surface area contributed by atoms with Crippen LogP contribution in [0.2, 0.25) is 0 Å². The molecule has 2 aromatic rings. The third-order valence-electron chi connectivity index (χ3n) is 6.49. The van der Waals surface area contributed by atoms with Crippen molar-refractivity contribution in [3.63, 3.8) is 0 Å². The molecule has 2 heterocycles. The lowest BCUT2D eigenvalue weighted by Gasteiger charge is -2.22. The Morgan fingerprint density at radius 2 is 1.19 bits per heavy atom. The van der Waals surface area contributed by atoms with Gasteiger partial charge in [0.1, 0.15) is 7.05 Å². The van der Waals surface area contributed by atoms with Crippen molar-refractivity contribution in [3.8, 4) is 0 Å². The van der Waals surface area contributed by atoms with E-state index in [2.05, 4.69) is 166 Å². The molecule has 0 bridgehead atoms. The number of benzene rings is 2. The van der Waals surface area contributed by atoms with Gasteiger partial charge in [0.25, 0.3) is 0 Å². The number of hydrogen-bond donors (Lipinski definition) is 0. The molecule has 0 aromatic heterocycles. The lowest BCUT2D eigenvalue weighted by atomic mass is 9.82. The van der Waals surface area contributed by atoms with Crippen molar-refractivity contribution in [2.75, 3.05) is 7.05 Å². The van der Waals surface area contributed by atoms with Crippen molar-refractivity contribution in [2.24, 2.45) is 4.99 Å². The van der Waals surface area contributed by atoms with Crippen molar-refractivity contribution in [2.45, 2.75) is 52.4 Å². The maximum Gasteiger partial charge on any atom is 0.211 e. The molecular formula is C23H23Br6IN2. The molecule has 4 rings (SSSR count). The first kappa shape index (κ1) is 29.6. The molecule has 0 spiro atoms. The van der Waals surface area contributed by atoms with E-state index in [1.807, 2.05) is 0 Å². The number of aliphatic imine (C=N–C) groups is 1. The van der Waals surface area contributed by atoms with Gasteiger partial charge < -0.3 is 24.0 Å². The normalized spacial score (nSPS) is 17.2. The molecule has 0 atom stereocenters. The van der Waals surface area contributed by atoms with Gasteiger partial charge in [0.2, 0.25) is 5.69 Å². The molecule has 9 heteroatoms. The van der Waals surface area contributed by atoms with E-state index >= 15 is 0 Å². The van der Waals surface area contributed by atoms with E-state index in [4.69, 9.17) is 0 Å². The van der Waals surface area contributed by atoms with Crippen LogP contribution in [0.3, 0.4) is 0 Å². The van der Waals surface area contributed by atoms with Crippen LogP contribution in [-0.2, 0) is 10.8 Å². The van der Waals surface area contributed by atoms with Crippen LogP contribution in [0.15, 0.2) is 44.0 Å². The predicted molar refractivity (Wildman–Crippen MR) is 154 cm³/mol. The van der Waals surface area contributed by atoms with Crippen molar-refractivity contribution >= 4 is 118 Å². The van der Waals surface area contributed by atoms with Gasteiger partial charge in [0, 0.05) is 56.5 Å². The molecule has 0 radical (unpaired) electrons. The molecule has 0 amide bonds. The summed E-state index contributed by atoms with van der Waals surface area (Å²) in [6, 6.07) is 4.23. The van der Waals surface area contributed by atoms with E-state index in [9.17, 15) is 0 Å². The van der Waals surface area contributed by atoms with Crippen molar-refractivity contribution in [3.05, 3.63) is 50.1 Å². The molecule has 0 N–H and O–H groups in total. The Labute approximate surface area is 258 Å². The van der Waals surface area contributed by atoms with Gasteiger partial charge >= 0.3 is 0 Å². The van der Waals surface area contributed by atoms with Crippen LogP contribution < -0.4 is 24.0 Å². The largest absolute Gasteiger partial charge is 1.00 e. The molecular weight excluding hydrogens is 911 g/mol. The average Bonchev–Trinajstić information content (AvgIpc) is 3.00. The van der Waals surface area contributed by atoms with E-state index in [-0.39, 0.29) is 34.8 Å².